The standard InChI is InChI=1S/C29H38O/c1-4-5-6-7-14-23-29(30-24-27-20-12-9-13-21-27)28(25(2)3)22-16-15-19-26-17-10-8-11-18-26/h8-13,16-18,20-22,25,28-29H,4-7,15,19,24H2,1-3H3/b22-16+/t28-,29-/m0/s1. The van der Waals surface area contributed by atoms with Crippen molar-refractivity contribution < 1.29 is 4.74 Å². The van der Waals surface area contributed by atoms with Crippen molar-refractivity contribution in [2.45, 2.75) is 72.0 Å². The summed E-state index contributed by atoms with van der Waals surface area (Å²) in [5.74, 6) is 7.63. The van der Waals surface area contributed by atoms with Gasteiger partial charge in [0.15, 0.2) is 0 Å². The average molecular weight is 403 g/mol. The van der Waals surface area contributed by atoms with Crippen LogP contribution in [-0.2, 0) is 17.8 Å². The van der Waals surface area contributed by atoms with Crippen molar-refractivity contribution in [1.82, 2.24) is 0 Å². The highest BCUT2D eigenvalue weighted by atomic mass is 16.5. The summed E-state index contributed by atoms with van der Waals surface area (Å²) in [7, 11) is 0. The van der Waals surface area contributed by atoms with Crippen LogP contribution in [0.3, 0.4) is 0 Å². The Bertz CT molecular complexity index is 764. The maximum absolute atomic E-state index is 6.35. The number of ether oxygens (including phenoxy) is 1. The van der Waals surface area contributed by atoms with E-state index in [4.69, 9.17) is 4.74 Å². The summed E-state index contributed by atoms with van der Waals surface area (Å²) >= 11 is 0. The molecule has 1 heteroatoms. The molecule has 0 radical (unpaired) electrons. The summed E-state index contributed by atoms with van der Waals surface area (Å²) in [5.41, 5.74) is 2.58. The fraction of sp³-hybridized carbons (Fsp3) is 0.448. The van der Waals surface area contributed by atoms with E-state index in [1.54, 1.807) is 0 Å². The zero-order valence-corrected chi connectivity index (χ0v) is 19.0. The topological polar surface area (TPSA) is 9.23 Å². The summed E-state index contributed by atoms with van der Waals surface area (Å²) in [6.45, 7) is 7.37. The van der Waals surface area contributed by atoms with Crippen molar-refractivity contribution in [3.63, 3.8) is 0 Å². The van der Waals surface area contributed by atoms with E-state index in [-0.39, 0.29) is 6.10 Å². The van der Waals surface area contributed by atoms with E-state index >= 15 is 0 Å². The molecule has 0 heterocycles. The summed E-state index contributed by atoms with van der Waals surface area (Å²) in [5, 5.41) is 0. The predicted octanol–water partition coefficient (Wildman–Crippen LogP) is 7.62. The van der Waals surface area contributed by atoms with Crippen LogP contribution in [0.1, 0.15) is 64.0 Å². The number of unbranched alkanes of at least 4 members (excludes halogenated alkanes) is 3. The Kier molecular flexibility index (Phi) is 11.7. The van der Waals surface area contributed by atoms with Crippen molar-refractivity contribution >= 4 is 0 Å². The van der Waals surface area contributed by atoms with Crippen LogP contribution in [0.5, 0.6) is 0 Å². The van der Waals surface area contributed by atoms with E-state index < -0.39 is 0 Å². The van der Waals surface area contributed by atoms with E-state index in [0.717, 1.165) is 19.3 Å². The highest BCUT2D eigenvalue weighted by Crippen LogP contribution is 2.22. The van der Waals surface area contributed by atoms with Crippen LogP contribution >= 0.6 is 0 Å². The minimum Gasteiger partial charge on any atom is -0.360 e. The highest BCUT2D eigenvalue weighted by molar-refractivity contribution is 5.17. The van der Waals surface area contributed by atoms with Crippen LogP contribution < -0.4 is 0 Å². The van der Waals surface area contributed by atoms with Crippen molar-refractivity contribution in [2.24, 2.45) is 11.8 Å². The molecule has 0 spiro atoms. The molecule has 0 unspecified atom stereocenters. The fourth-order valence-corrected chi connectivity index (χ4v) is 3.47. The fourth-order valence-electron chi connectivity index (χ4n) is 3.47. The van der Waals surface area contributed by atoms with Crippen LogP contribution in [0.15, 0.2) is 72.8 Å². The highest BCUT2D eigenvalue weighted by Gasteiger charge is 2.21. The molecule has 0 fully saturated rings. The predicted molar refractivity (Wildman–Crippen MR) is 129 cm³/mol. The number of allylic oxidation sites excluding steroid dienone is 1. The second-order valence-corrected chi connectivity index (χ2v) is 8.27. The molecule has 0 aliphatic carbocycles. The molecule has 0 bridgehead atoms. The second kappa shape index (κ2) is 14.6. The lowest BCUT2D eigenvalue weighted by Crippen LogP contribution is -2.25. The smallest absolute Gasteiger partial charge is 0.125 e. The van der Waals surface area contributed by atoms with Crippen molar-refractivity contribution in [3.05, 3.63) is 83.9 Å². The minimum atomic E-state index is -0.0696. The first-order chi connectivity index (χ1) is 14.7. The van der Waals surface area contributed by atoms with Gasteiger partial charge in [-0.1, -0.05) is 112 Å². The van der Waals surface area contributed by atoms with Gasteiger partial charge in [0.1, 0.15) is 6.10 Å². The average Bonchev–Trinajstić information content (AvgIpc) is 2.77. The first-order valence-corrected chi connectivity index (χ1v) is 11.5. The Hall–Kier alpha value is -2.30. The van der Waals surface area contributed by atoms with Crippen molar-refractivity contribution in [3.8, 4) is 11.8 Å². The second-order valence-electron chi connectivity index (χ2n) is 8.27. The van der Waals surface area contributed by atoms with Crippen LogP contribution in [0.4, 0.5) is 0 Å². The quantitative estimate of drug-likeness (QED) is 0.201. The molecule has 0 N–H and O–H groups in total. The van der Waals surface area contributed by atoms with Gasteiger partial charge in [-0.15, -0.1) is 5.92 Å². The molecule has 30 heavy (non-hydrogen) atoms. The lowest BCUT2D eigenvalue weighted by atomic mass is 9.89. The van der Waals surface area contributed by atoms with Crippen molar-refractivity contribution in [2.75, 3.05) is 0 Å². The minimum absolute atomic E-state index is 0.0696. The number of rotatable bonds is 12. The van der Waals surface area contributed by atoms with Gasteiger partial charge < -0.3 is 4.74 Å². The maximum Gasteiger partial charge on any atom is 0.125 e. The molecular weight excluding hydrogens is 364 g/mol. The molecule has 0 saturated carbocycles. The Morgan fingerprint density at radius 3 is 2.20 bits per heavy atom. The molecule has 2 aromatic rings. The molecule has 1 nitrogen and oxygen atoms in total. The summed E-state index contributed by atoms with van der Waals surface area (Å²) in [4.78, 5) is 0. The normalized spacial score (nSPS) is 13.2. The Morgan fingerprint density at radius 2 is 1.57 bits per heavy atom. The Labute approximate surface area is 184 Å². The molecule has 0 aromatic heterocycles. The number of hydrogen-bond donors (Lipinski definition) is 0. The monoisotopic (exact) mass is 402 g/mol. The lowest BCUT2D eigenvalue weighted by Gasteiger charge is -2.24. The van der Waals surface area contributed by atoms with Crippen LogP contribution in [0, 0.1) is 23.7 Å². The SMILES string of the molecule is CCCCCC#C[C@H](OCc1ccccc1)[C@@H](/C=C/CCc1ccccc1)C(C)C. The zero-order valence-electron chi connectivity index (χ0n) is 19.0. The van der Waals surface area contributed by atoms with Gasteiger partial charge >= 0.3 is 0 Å². The third-order valence-corrected chi connectivity index (χ3v) is 5.34. The lowest BCUT2D eigenvalue weighted by molar-refractivity contribution is 0.0396. The zero-order chi connectivity index (χ0) is 21.4. The summed E-state index contributed by atoms with van der Waals surface area (Å²) in [6.07, 6.45) is 11.3. The van der Waals surface area contributed by atoms with Gasteiger partial charge in [0.25, 0.3) is 0 Å². The molecule has 160 valence electrons. The van der Waals surface area contributed by atoms with E-state index in [0.29, 0.717) is 18.4 Å². The molecule has 0 saturated heterocycles. The molecule has 2 atom stereocenters. The molecule has 0 aliphatic heterocycles. The molecular formula is C29H38O. The van der Waals surface area contributed by atoms with Crippen LogP contribution in [-0.4, -0.2) is 6.10 Å². The number of benzene rings is 2. The van der Waals surface area contributed by atoms with E-state index in [1.807, 2.05) is 6.07 Å². The van der Waals surface area contributed by atoms with E-state index in [2.05, 4.69) is 99.4 Å². The summed E-state index contributed by atoms with van der Waals surface area (Å²) < 4.78 is 6.35. The van der Waals surface area contributed by atoms with Gasteiger partial charge in [-0.25, -0.2) is 0 Å². The first kappa shape index (κ1) is 24.0. The van der Waals surface area contributed by atoms with Crippen LogP contribution in [0.2, 0.25) is 0 Å². The molecule has 2 rings (SSSR count). The Morgan fingerprint density at radius 1 is 0.900 bits per heavy atom. The van der Waals surface area contributed by atoms with Gasteiger partial charge in [0.2, 0.25) is 0 Å². The Balaban J connectivity index is 2.02. The van der Waals surface area contributed by atoms with Gasteiger partial charge in [-0.3, -0.25) is 0 Å². The number of aryl methyl sites for hydroxylation is 1. The largest absolute Gasteiger partial charge is 0.360 e. The van der Waals surface area contributed by atoms with Gasteiger partial charge in [0, 0.05) is 12.3 Å². The van der Waals surface area contributed by atoms with Gasteiger partial charge in [0.05, 0.1) is 6.61 Å². The first-order valence-electron chi connectivity index (χ1n) is 11.5. The van der Waals surface area contributed by atoms with Crippen molar-refractivity contribution in [1.29, 1.82) is 0 Å². The molecule has 2 aromatic carbocycles. The molecule has 0 aliphatic rings. The van der Waals surface area contributed by atoms with Gasteiger partial charge in [-0.2, -0.15) is 0 Å². The summed E-state index contributed by atoms with van der Waals surface area (Å²) in [6, 6.07) is 21.1. The van der Waals surface area contributed by atoms with Gasteiger partial charge in [-0.05, 0) is 36.3 Å². The van der Waals surface area contributed by atoms with E-state index in [1.165, 1.54) is 30.4 Å². The third kappa shape index (κ3) is 9.47. The number of hydrogen-bond acceptors (Lipinski definition) is 1. The molecule has 0 amide bonds. The third-order valence-electron chi connectivity index (χ3n) is 5.34. The maximum atomic E-state index is 6.35. The van der Waals surface area contributed by atoms with E-state index in [9.17, 15) is 0 Å². The van der Waals surface area contributed by atoms with Crippen LogP contribution in [0.25, 0.3) is 0 Å².